The number of aryl methyl sites for hydroxylation is 2. The van der Waals surface area contributed by atoms with E-state index in [0.29, 0.717) is 21.1 Å². The summed E-state index contributed by atoms with van der Waals surface area (Å²) >= 11 is 2.75. The van der Waals surface area contributed by atoms with E-state index in [4.69, 9.17) is 0 Å². The fourth-order valence-electron chi connectivity index (χ4n) is 4.34. The Morgan fingerprint density at radius 2 is 1.19 bits per heavy atom. The molecule has 6 rings (SSSR count). The fourth-order valence-corrected chi connectivity index (χ4v) is 7.78. The van der Waals surface area contributed by atoms with Gasteiger partial charge >= 0.3 is 0 Å². The topological polar surface area (TPSA) is 171 Å². The van der Waals surface area contributed by atoms with Crippen molar-refractivity contribution in [3.63, 3.8) is 0 Å². The summed E-state index contributed by atoms with van der Waals surface area (Å²) in [6.45, 7) is 3.92. The largest absolute Gasteiger partial charge is 0.296 e. The molecule has 0 atom stereocenters. The molecular formula is C28H21N5O6S4. The molecule has 218 valence electrons. The SMILES string of the molecule is Cc1ccc2nc(-c3ccc(N=NNc4ccc(-c5nc6ccc(C)cc6s5)cc4S(=O)(=O)O)c(S(=O)(=O)O)c3)sc2c1. The molecular weight excluding hydrogens is 631 g/mol. The normalized spacial score (nSPS) is 12.5. The van der Waals surface area contributed by atoms with E-state index < -0.39 is 30.0 Å². The van der Waals surface area contributed by atoms with Gasteiger partial charge in [-0.25, -0.2) is 9.97 Å². The fraction of sp³-hybridized carbons (Fsp3) is 0.0714. The van der Waals surface area contributed by atoms with Gasteiger partial charge < -0.3 is 0 Å². The number of nitrogens with zero attached hydrogens (tertiary/aromatic N) is 4. The van der Waals surface area contributed by atoms with Crippen molar-refractivity contribution < 1.29 is 25.9 Å². The van der Waals surface area contributed by atoms with E-state index in [9.17, 15) is 25.9 Å². The molecule has 4 aromatic carbocycles. The van der Waals surface area contributed by atoms with Crippen LogP contribution in [0.2, 0.25) is 0 Å². The Balaban J connectivity index is 1.32. The monoisotopic (exact) mass is 651 g/mol. The molecule has 0 fully saturated rings. The van der Waals surface area contributed by atoms with Crippen molar-refractivity contribution >= 4 is 74.7 Å². The van der Waals surface area contributed by atoms with Crippen molar-refractivity contribution in [2.45, 2.75) is 23.6 Å². The van der Waals surface area contributed by atoms with Gasteiger partial charge in [-0.3, -0.25) is 14.5 Å². The molecule has 2 heterocycles. The van der Waals surface area contributed by atoms with Crippen molar-refractivity contribution in [1.29, 1.82) is 0 Å². The molecule has 0 amide bonds. The lowest BCUT2D eigenvalue weighted by atomic mass is 10.2. The highest BCUT2D eigenvalue weighted by atomic mass is 32.2. The molecule has 2 aromatic heterocycles. The molecule has 0 aliphatic rings. The summed E-state index contributed by atoms with van der Waals surface area (Å²) in [5.41, 5.74) is 6.68. The van der Waals surface area contributed by atoms with Crippen LogP contribution < -0.4 is 5.43 Å². The van der Waals surface area contributed by atoms with Crippen molar-refractivity contribution in [2.75, 3.05) is 5.43 Å². The summed E-state index contributed by atoms with van der Waals surface area (Å²) in [4.78, 5) is 8.11. The predicted octanol–water partition coefficient (Wildman–Crippen LogP) is 7.46. The average Bonchev–Trinajstić information content (AvgIpc) is 3.56. The third-order valence-corrected chi connectivity index (χ3v) is 10.3. The summed E-state index contributed by atoms with van der Waals surface area (Å²) in [6, 6.07) is 20.0. The minimum absolute atomic E-state index is 0.109. The maximum atomic E-state index is 12.2. The van der Waals surface area contributed by atoms with E-state index in [0.717, 1.165) is 31.6 Å². The van der Waals surface area contributed by atoms with Crippen molar-refractivity contribution in [2.24, 2.45) is 10.3 Å². The van der Waals surface area contributed by atoms with Gasteiger partial charge in [-0.15, -0.1) is 27.8 Å². The molecule has 11 nitrogen and oxygen atoms in total. The predicted molar refractivity (Wildman–Crippen MR) is 167 cm³/mol. The van der Waals surface area contributed by atoms with E-state index in [1.807, 2.05) is 50.2 Å². The highest BCUT2D eigenvalue weighted by Crippen LogP contribution is 2.36. The van der Waals surface area contributed by atoms with Crippen LogP contribution in [0.3, 0.4) is 0 Å². The lowest BCUT2D eigenvalue weighted by molar-refractivity contribution is 0.481. The third-order valence-electron chi connectivity index (χ3n) is 6.41. The van der Waals surface area contributed by atoms with Crippen LogP contribution in [0, 0.1) is 13.8 Å². The van der Waals surface area contributed by atoms with E-state index in [-0.39, 0.29) is 11.4 Å². The van der Waals surface area contributed by atoms with Crippen molar-refractivity contribution in [1.82, 2.24) is 9.97 Å². The number of benzene rings is 4. The van der Waals surface area contributed by atoms with Crippen LogP contribution in [-0.2, 0) is 20.2 Å². The Hall–Kier alpha value is -4.12. The van der Waals surface area contributed by atoms with Gasteiger partial charge in [0.2, 0.25) is 0 Å². The maximum Gasteiger partial charge on any atom is 0.296 e. The Kier molecular flexibility index (Phi) is 7.32. The van der Waals surface area contributed by atoms with Crippen LogP contribution in [0.5, 0.6) is 0 Å². The minimum atomic E-state index is -4.72. The van der Waals surface area contributed by atoms with Gasteiger partial charge in [0.25, 0.3) is 20.2 Å². The molecule has 0 aliphatic heterocycles. The number of hydrogen-bond donors (Lipinski definition) is 3. The summed E-state index contributed by atoms with van der Waals surface area (Å²) in [5, 5.41) is 8.73. The van der Waals surface area contributed by atoms with E-state index in [1.165, 1.54) is 46.9 Å². The molecule has 0 saturated heterocycles. The average molecular weight is 652 g/mol. The van der Waals surface area contributed by atoms with Crippen molar-refractivity contribution in [3.05, 3.63) is 83.9 Å². The Labute approximate surface area is 254 Å². The number of thiazole rings is 2. The molecule has 3 N–H and O–H groups in total. The Morgan fingerprint density at radius 1 is 0.674 bits per heavy atom. The molecule has 0 saturated carbocycles. The van der Waals surface area contributed by atoms with E-state index in [2.05, 4.69) is 25.7 Å². The zero-order valence-electron chi connectivity index (χ0n) is 22.4. The first-order valence-electron chi connectivity index (χ1n) is 12.5. The van der Waals surface area contributed by atoms with Crippen LogP contribution in [0.1, 0.15) is 11.1 Å². The number of nitrogens with one attached hydrogen (secondary N) is 1. The Morgan fingerprint density at radius 3 is 1.72 bits per heavy atom. The molecule has 0 unspecified atom stereocenters. The van der Waals surface area contributed by atoms with E-state index in [1.54, 1.807) is 12.1 Å². The zero-order valence-corrected chi connectivity index (χ0v) is 25.6. The summed E-state index contributed by atoms with van der Waals surface area (Å²) in [5.74, 6) is 0. The van der Waals surface area contributed by atoms with Gasteiger partial charge in [-0.05, 0) is 85.6 Å². The molecule has 43 heavy (non-hydrogen) atoms. The molecule has 6 aromatic rings. The summed E-state index contributed by atoms with van der Waals surface area (Å²) in [7, 11) is -9.43. The first-order chi connectivity index (χ1) is 20.3. The lowest BCUT2D eigenvalue weighted by Gasteiger charge is -2.08. The highest BCUT2D eigenvalue weighted by molar-refractivity contribution is 7.86. The van der Waals surface area contributed by atoms with Crippen LogP contribution >= 0.6 is 22.7 Å². The molecule has 0 spiro atoms. The minimum Gasteiger partial charge on any atom is -0.282 e. The van der Waals surface area contributed by atoms with Crippen molar-refractivity contribution in [3.8, 4) is 21.1 Å². The van der Waals surface area contributed by atoms with Gasteiger partial charge in [-0.2, -0.15) is 16.8 Å². The van der Waals surface area contributed by atoms with E-state index >= 15 is 0 Å². The van der Waals surface area contributed by atoms with Crippen LogP contribution in [0.4, 0.5) is 11.4 Å². The number of hydrogen-bond acceptors (Lipinski definition) is 10. The molecule has 0 bridgehead atoms. The summed E-state index contributed by atoms with van der Waals surface area (Å²) < 4.78 is 70.6. The molecule has 15 heteroatoms. The maximum absolute atomic E-state index is 12.2. The first kappa shape index (κ1) is 29.0. The van der Waals surface area contributed by atoms with Crippen LogP contribution in [0.25, 0.3) is 41.6 Å². The smallest absolute Gasteiger partial charge is 0.282 e. The van der Waals surface area contributed by atoms with Gasteiger partial charge in [0, 0.05) is 11.1 Å². The van der Waals surface area contributed by atoms with Crippen LogP contribution in [0.15, 0.2) is 92.9 Å². The number of rotatable bonds is 7. The second-order valence-corrected chi connectivity index (χ2v) is 14.5. The molecule has 0 aliphatic carbocycles. The summed E-state index contributed by atoms with van der Waals surface area (Å²) in [6.07, 6.45) is 0. The lowest BCUT2D eigenvalue weighted by Crippen LogP contribution is -2.03. The van der Waals surface area contributed by atoms with Crippen LogP contribution in [-0.4, -0.2) is 35.9 Å². The number of anilines is 1. The standard InChI is InChI=1S/C28H21N5O6S4/c1-15-3-7-19-23(11-15)40-27(29-19)17-5-9-21(25(13-17)42(34,35)36)31-33-32-22-10-6-18(14-26(22)43(37,38)39)28-30-20-8-4-16(2)12-24(20)41-28/h3-14H,1-2H3,(H,31,32)(H,34,35,36)(H,37,38,39). The quantitative estimate of drug-likeness (QED) is 0.0900. The number of aromatic nitrogens is 2. The number of fused-ring (bicyclic) bond motifs is 2. The van der Waals surface area contributed by atoms with Gasteiger partial charge in [-0.1, -0.05) is 17.4 Å². The first-order valence-corrected chi connectivity index (χ1v) is 17.0. The zero-order chi connectivity index (χ0) is 30.5. The second kappa shape index (κ2) is 10.9. The molecule has 0 radical (unpaired) electrons. The highest BCUT2D eigenvalue weighted by Gasteiger charge is 2.20. The Bertz CT molecular complexity index is 2310. The van der Waals surface area contributed by atoms with Gasteiger partial charge in [0.15, 0.2) is 0 Å². The second-order valence-electron chi connectivity index (χ2n) is 9.64. The van der Waals surface area contributed by atoms with Gasteiger partial charge in [0.05, 0.1) is 26.1 Å². The van der Waals surface area contributed by atoms with Gasteiger partial charge in [0.1, 0.15) is 25.5 Å². The third kappa shape index (κ3) is 6.04.